The zero-order valence-corrected chi connectivity index (χ0v) is 5.82. The van der Waals surface area contributed by atoms with Gasteiger partial charge in [0.15, 0.2) is 0 Å². The van der Waals surface area contributed by atoms with Crippen LogP contribution in [0.2, 0.25) is 0 Å². The van der Waals surface area contributed by atoms with E-state index in [1.165, 1.54) is 6.20 Å². The molecule has 0 fully saturated rings. The number of carbonyl (C=O) groups is 1. The van der Waals surface area contributed by atoms with Crippen LogP contribution in [-0.4, -0.2) is 16.1 Å². The van der Waals surface area contributed by atoms with Crippen LogP contribution in [0.3, 0.4) is 0 Å². The van der Waals surface area contributed by atoms with Gasteiger partial charge in [-0.1, -0.05) is 0 Å². The molecule has 0 aromatic carbocycles. The second-order valence-electron chi connectivity index (χ2n) is 2.16. The molecule has 0 bridgehead atoms. The van der Waals surface area contributed by atoms with E-state index in [4.69, 9.17) is 10.8 Å². The molecule has 0 aliphatic heterocycles. The molecule has 0 aliphatic rings. The van der Waals surface area contributed by atoms with Crippen LogP contribution in [0, 0.1) is 0 Å². The lowest BCUT2D eigenvalue weighted by Crippen LogP contribution is -2.01. The molecule has 1 rings (SSSR count). The summed E-state index contributed by atoms with van der Waals surface area (Å²) in [6.45, 7) is 0. The average molecular weight is 152 g/mol. The van der Waals surface area contributed by atoms with Crippen LogP contribution in [0.5, 0.6) is 0 Å². The first kappa shape index (κ1) is 7.53. The van der Waals surface area contributed by atoms with E-state index in [-0.39, 0.29) is 6.42 Å². The molecule has 1 aromatic rings. The summed E-state index contributed by atoms with van der Waals surface area (Å²) in [5, 5.41) is 8.40. The molecule has 0 unspecified atom stereocenters. The third-order valence-electron chi connectivity index (χ3n) is 1.20. The second kappa shape index (κ2) is 3.01. The fraction of sp³-hybridized carbons (Fsp3) is 0.143. The number of aliphatic carboxylic acids is 1. The Labute approximate surface area is 63.7 Å². The first-order chi connectivity index (χ1) is 5.18. The number of hydrogen-bond acceptors (Lipinski definition) is 3. The molecule has 4 heteroatoms. The quantitative estimate of drug-likeness (QED) is 0.638. The van der Waals surface area contributed by atoms with E-state index in [0.29, 0.717) is 11.4 Å². The Morgan fingerprint density at radius 2 is 2.45 bits per heavy atom. The van der Waals surface area contributed by atoms with Crippen LogP contribution >= 0.6 is 0 Å². The molecule has 0 radical (unpaired) electrons. The molecule has 1 heterocycles. The largest absolute Gasteiger partial charge is 0.481 e. The molecule has 0 saturated carbocycles. The van der Waals surface area contributed by atoms with Crippen LogP contribution < -0.4 is 5.73 Å². The fourth-order valence-electron chi connectivity index (χ4n) is 0.779. The molecule has 0 spiro atoms. The monoisotopic (exact) mass is 152 g/mol. The highest BCUT2D eigenvalue weighted by Crippen LogP contribution is 2.02. The number of carboxylic acids is 1. The molecule has 58 valence electrons. The first-order valence-electron chi connectivity index (χ1n) is 3.10. The number of hydrogen-bond donors (Lipinski definition) is 2. The predicted octanol–water partition coefficient (Wildman–Crippen LogP) is 0.291. The second-order valence-corrected chi connectivity index (χ2v) is 2.16. The van der Waals surface area contributed by atoms with Gasteiger partial charge >= 0.3 is 5.97 Å². The molecule has 1 aromatic heterocycles. The highest BCUT2D eigenvalue weighted by Gasteiger charge is 1.99. The maximum Gasteiger partial charge on any atom is 0.307 e. The summed E-state index contributed by atoms with van der Waals surface area (Å²) in [6, 6.07) is 3.18. The van der Waals surface area contributed by atoms with Gasteiger partial charge in [0, 0.05) is 6.20 Å². The van der Waals surface area contributed by atoms with E-state index >= 15 is 0 Å². The van der Waals surface area contributed by atoms with Crippen molar-refractivity contribution in [3.8, 4) is 0 Å². The van der Waals surface area contributed by atoms with E-state index in [0.717, 1.165) is 0 Å². The SMILES string of the molecule is Nc1cc(CC(=O)O)ccn1. The molecule has 0 amide bonds. The van der Waals surface area contributed by atoms with Crippen molar-refractivity contribution in [3.05, 3.63) is 23.9 Å². The predicted molar refractivity (Wildman–Crippen MR) is 40.0 cm³/mol. The summed E-state index contributed by atoms with van der Waals surface area (Å²) < 4.78 is 0. The minimum Gasteiger partial charge on any atom is -0.481 e. The zero-order valence-electron chi connectivity index (χ0n) is 5.82. The molecule has 0 atom stereocenters. The van der Waals surface area contributed by atoms with Crippen molar-refractivity contribution >= 4 is 11.8 Å². The number of nitrogen functional groups attached to an aromatic ring is 1. The fourth-order valence-corrected chi connectivity index (χ4v) is 0.779. The Kier molecular flexibility index (Phi) is 2.06. The number of rotatable bonds is 2. The summed E-state index contributed by atoms with van der Waals surface area (Å²) in [6.07, 6.45) is 1.49. The smallest absolute Gasteiger partial charge is 0.307 e. The number of nitrogens with zero attached hydrogens (tertiary/aromatic N) is 1. The summed E-state index contributed by atoms with van der Waals surface area (Å²) in [4.78, 5) is 14.0. The lowest BCUT2D eigenvalue weighted by molar-refractivity contribution is -0.136. The van der Waals surface area contributed by atoms with Crippen molar-refractivity contribution in [2.75, 3.05) is 5.73 Å². The maximum absolute atomic E-state index is 10.2. The van der Waals surface area contributed by atoms with Gasteiger partial charge < -0.3 is 10.8 Å². The van der Waals surface area contributed by atoms with Crippen molar-refractivity contribution < 1.29 is 9.90 Å². The summed E-state index contributed by atoms with van der Waals surface area (Å²) >= 11 is 0. The number of pyridine rings is 1. The third-order valence-corrected chi connectivity index (χ3v) is 1.20. The Hall–Kier alpha value is -1.58. The van der Waals surface area contributed by atoms with E-state index in [1.54, 1.807) is 12.1 Å². The van der Waals surface area contributed by atoms with Gasteiger partial charge in [-0.3, -0.25) is 4.79 Å². The lowest BCUT2D eigenvalue weighted by atomic mass is 10.2. The number of anilines is 1. The first-order valence-corrected chi connectivity index (χ1v) is 3.10. The number of aromatic nitrogens is 1. The summed E-state index contributed by atoms with van der Waals surface area (Å²) in [5.41, 5.74) is 6.00. The standard InChI is InChI=1S/C7H8N2O2/c8-6-3-5(1-2-9-6)4-7(10)11/h1-3H,4H2,(H2,8,9)(H,10,11). The van der Waals surface area contributed by atoms with Gasteiger partial charge in [0.1, 0.15) is 5.82 Å². The average Bonchev–Trinajstić information content (AvgIpc) is 1.85. The molecular formula is C7H8N2O2. The topological polar surface area (TPSA) is 76.2 Å². The molecule has 0 saturated heterocycles. The van der Waals surface area contributed by atoms with Gasteiger partial charge in [-0.25, -0.2) is 4.98 Å². The zero-order chi connectivity index (χ0) is 8.27. The Morgan fingerprint density at radius 1 is 1.73 bits per heavy atom. The van der Waals surface area contributed by atoms with Crippen molar-refractivity contribution in [1.29, 1.82) is 0 Å². The Balaban J connectivity index is 2.79. The third kappa shape index (κ3) is 2.25. The van der Waals surface area contributed by atoms with Crippen LogP contribution in [0.4, 0.5) is 5.82 Å². The van der Waals surface area contributed by atoms with Crippen molar-refractivity contribution in [2.45, 2.75) is 6.42 Å². The Morgan fingerprint density at radius 3 is 3.00 bits per heavy atom. The van der Waals surface area contributed by atoms with Crippen LogP contribution in [0.15, 0.2) is 18.3 Å². The van der Waals surface area contributed by atoms with Gasteiger partial charge in [-0.15, -0.1) is 0 Å². The number of nitrogens with two attached hydrogens (primary N) is 1. The minimum atomic E-state index is -0.865. The molecule has 0 aliphatic carbocycles. The van der Waals surface area contributed by atoms with Crippen molar-refractivity contribution in [3.63, 3.8) is 0 Å². The van der Waals surface area contributed by atoms with Gasteiger partial charge in [0.25, 0.3) is 0 Å². The van der Waals surface area contributed by atoms with Crippen molar-refractivity contribution in [1.82, 2.24) is 4.98 Å². The molecule has 4 nitrogen and oxygen atoms in total. The van der Waals surface area contributed by atoms with Crippen LogP contribution in [-0.2, 0) is 11.2 Å². The normalized spacial score (nSPS) is 9.45. The minimum absolute atomic E-state index is 0.00722. The van der Waals surface area contributed by atoms with E-state index in [2.05, 4.69) is 4.98 Å². The highest BCUT2D eigenvalue weighted by molar-refractivity contribution is 5.70. The van der Waals surface area contributed by atoms with E-state index in [9.17, 15) is 4.79 Å². The van der Waals surface area contributed by atoms with Crippen molar-refractivity contribution in [2.24, 2.45) is 0 Å². The van der Waals surface area contributed by atoms with E-state index < -0.39 is 5.97 Å². The maximum atomic E-state index is 10.2. The van der Waals surface area contributed by atoms with Gasteiger partial charge in [-0.05, 0) is 17.7 Å². The van der Waals surface area contributed by atoms with Crippen LogP contribution in [0.1, 0.15) is 5.56 Å². The van der Waals surface area contributed by atoms with E-state index in [1.807, 2.05) is 0 Å². The lowest BCUT2D eigenvalue weighted by Gasteiger charge is -1.96. The highest BCUT2D eigenvalue weighted by atomic mass is 16.4. The summed E-state index contributed by atoms with van der Waals surface area (Å²) in [5.74, 6) is -0.514. The van der Waals surface area contributed by atoms with Gasteiger partial charge in [-0.2, -0.15) is 0 Å². The van der Waals surface area contributed by atoms with Gasteiger partial charge in [0.05, 0.1) is 6.42 Å². The number of carboxylic acid groups (broad SMARTS) is 1. The molecular weight excluding hydrogens is 144 g/mol. The molecule has 11 heavy (non-hydrogen) atoms. The van der Waals surface area contributed by atoms with Gasteiger partial charge in [0.2, 0.25) is 0 Å². The Bertz CT molecular complexity index is 273. The van der Waals surface area contributed by atoms with Crippen LogP contribution in [0.25, 0.3) is 0 Å². The molecule has 3 N–H and O–H groups in total. The summed E-state index contributed by atoms with van der Waals surface area (Å²) in [7, 11) is 0.